The molecule has 1 heterocycles. The van der Waals surface area contributed by atoms with Crippen molar-refractivity contribution in [3.05, 3.63) is 0 Å². The summed E-state index contributed by atoms with van der Waals surface area (Å²) < 4.78 is 11.8. The molecule has 0 saturated carbocycles. The van der Waals surface area contributed by atoms with Gasteiger partial charge in [-0.05, 0) is 72.0 Å². The number of hydrogen-bond donors (Lipinski definition) is 0. The molecule has 10 nitrogen and oxygen atoms in total. The first-order chi connectivity index (χ1) is 33.4. The third kappa shape index (κ3) is 28.9. The molecule has 1 saturated heterocycles. The molecule has 1 aliphatic rings. The minimum atomic E-state index is -0.472. The van der Waals surface area contributed by atoms with Gasteiger partial charge >= 0.3 is 11.9 Å². The maximum absolute atomic E-state index is 14.0. The van der Waals surface area contributed by atoms with E-state index in [-0.39, 0.29) is 35.9 Å². The molecule has 1 fully saturated rings. The lowest BCUT2D eigenvalue weighted by Crippen LogP contribution is -2.44. The highest BCUT2D eigenvalue weighted by molar-refractivity contribution is 5.82. The average Bonchev–Trinajstić information content (AvgIpc) is 3.73. The summed E-state index contributed by atoms with van der Waals surface area (Å²) in [5.41, 5.74) is -0.883. The summed E-state index contributed by atoms with van der Waals surface area (Å²) in [6.07, 6.45) is 37.4. The average molecular weight is 990 g/mol. The van der Waals surface area contributed by atoms with Gasteiger partial charge in [0.25, 0.3) is 0 Å². The van der Waals surface area contributed by atoms with Gasteiger partial charge in [0.05, 0.1) is 13.0 Å². The smallest absolute Gasteiger partial charge is 0.323 e. The molecule has 0 N–H and O–H groups in total. The van der Waals surface area contributed by atoms with E-state index in [1.54, 1.807) is 0 Å². The van der Waals surface area contributed by atoms with Crippen molar-refractivity contribution in [3.63, 3.8) is 0 Å². The van der Waals surface area contributed by atoms with Crippen molar-refractivity contribution in [3.8, 4) is 0 Å². The van der Waals surface area contributed by atoms with Crippen LogP contribution in [0, 0.1) is 10.8 Å². The van der Waals surface area contributed by atoms with Crippen LogP contribution in [-0.4, -0.2) is 122 Å². The van der Waals surface area contributed by atoms with Gasteiger partial charge < -0.3 is 24.2 Å². The van der Waals surface area contributed by atoms with Gasteiger partial charge in [-0.3, -0.25) is 24.1 Å². The third-order valence-electron chi connectivity index (χ3n) is 15.7. The van der Waals surface area contributed by atoms with E-state index in [0.717, 1.165) is 77.0 Å². The Morgan fingerprint density at radius 3 is 1.43 bits per heavy atom. The van der Waals surface area contributed by atoms with Crippen LogP contribution in [0.3, 0.4) is 0 Å². The summed E-state index contributed by atoms with van der Waals surface area (Å²) in [6.45, 7) is 19.6. The van der Waals surface area contributed by atoms with Gasteiger partial charge in [0.2, 0.25) is 11.8 Å². The number of likely N-dealkylation sites (tertiary alicyclic amines) is 1. The van der Waals surface area contributed by atoms with Crippen molar-refractivity contribution in [2.75, 3.05) is 54.4 Å². The fraction of sp³-hybridized carbons (Fsp3) is 0.933. The van der Waals surface area contributed by atoms with Crippen LogP contribution in [0.1, 0.15) is 274 Å². The Balaban J connectivity index is 2.70. The number of carbonyl (C=O) groups excluding carboxylic acids is 4. The van der Waals surface area contributed by atoms with Crippen LogP contribution in [0.25, 0.3) is 0 Å². The lowest BCUT2D eigenvalue weighted by atomic mass is 9.84. The predicted molar refractivity (Wildman–Crippen MR) is 295 cm³/mol. The molecular weight excluding hydrogens is 873 g/mol. The monoisotopic (exact) mass is 989 g/mol. The zero-order valence-corrected chi connectivity index (χ0v) is 48.4. The van der Waals surface area contributed by atoms with Crippen molar-refractivity contribution >= 4 is 23.8 Å². The summed E-state index contributed by atoms with van der Waals surface area (Å²) in [4.78, 5) is 62.5. The fourth-order valence-corrected chi connectivity index (χ4v) is 10.7. The molecule has 10 heteroatoms. The zero-order valence-electron chi connectivity index (χ0n) is 48.4. The number of amides is 2. The first-order valence-corrected chi connectivity index (χ1v) is 29.7. The molecule has 2 amide bonds. The van der Waals surface area contributed by atoms with Crippen molar-refractivity contribution in [2.45, 2.75) is 298 Å². The molecule has 1 aliphatic heterocycles. The van der Waals surface area contributed by atoms with Crippen LogP contribution in [0.15, 0.2) is 0 Å². The largest absolute Gasteiger partial charge is 0.465 e. The van der Waals surface area contributed by atoms with E-state index >= 15 is 0 Å². The molecule has 0 aromatic rings. The standard InChI is InChI=1S/C60H116N4O6/c1-13-17-20-23-26-27-30-33-40-51(16-4)62(11)57(67)60(7,8)45-37-38-46-64-50-53(70-55(65)43-47-61(9)10)49-54(64)56(66)69-48-39-32-31-36-44-59(5,6)58(68)63(12)52(41-34-28-24-21-18-14-2)42-35-29-25-22-19-15-3/h51-54H,13-50H2,1-12H3/t51?,53-,54-/m0/s1. The highest BCUT2D eigenvalue weighted by Crippen LogP contribution is 2.31. The second-order valence-corrected chi connectivity index (χ2v) is 23.4. The van der Waals surface area contributed by atoms with E-state index in [4.69, 9.17) is 9.47 Å². The van der Waals surface area contributed by atoms with Gasteiger partial charge in [-0.25, -0.2) is 0 Å². The van der Waals surface area contributed by atoms with E-state index in [1.807, 2.05) is 30.9 Å². The maximum Gasteiger partial charge on any atom is 0.323 e. The number of carbonyl (C=O) groups is 4. The van der Waals surface area contributed by atoms with Gasteiger partial charge in [-0.1, -0.05) is 209 Å². The van der Waals surface area contributed by atoms with Crippen LogP contribution >= 0.6 is 0 Å². The first-order valence-electron chi connectivity index (χ1n) is 29.7. The molecule has 3 atom stereocenters. The quantitative estimate of drug-likeness (QED) is 0.0439. The van der Waals surface area contributed by atoms with Crippen molar-refractivity contribution in [1.82, 2.24) is 19.6 Å². The predicted octanol–water partition coefficient (Wildman–Crippen LogP) is 14.7. The molecule has 0 aromatic heterocycles. The van der Waals surface area contributed by atoms with Gasteiger partial charge in [-0.15, -0.1) is 0 Å². The summed E-state index contributed by atoms with van der Waals surface area (Å²) in [5, 5.41) is 0. The summed E-state index contributed by atoms with van der Waals surface area (Å²) in [7, 11) is 7.94. The van der Waals surface area contributed by atoms with Gasteiger partial charge in [0, 0.05) is 56.5 Å². The van der Waals surface area contributed by atoms with Gasteiger partial charge in [0.1, 0.15) is 12.1 Å². The Morgan fingerprint density at radius 2 is 0.957 bits per heavy atom. The van der Waals surface area contributed by atoms with E-state index in [0.29, 0.717) is 45.1 Å². The van der Waals surface area contributed by atoms with E-state index in [2.05, 4.69) is 72.2 Å². The molecule has 1 unspecified atom stereocenters. The number of nitrogens with zero attached hydrogens (tertiary/aromatic N) is 4. The Labute approximate surface area is 433 Å². The minimum Gasteiger partial charge on any atom is -0.465 e. The molecule has 0 spiro atoms. The number of ether oxygens (including phenoxy) is 2. The zero-order chi connectivity index (χ0) is 52.2. The lowest BCUT2D eigenvalue weighted by molar-refractivity contribution is -0.151. The summed E-state index contributed by atoms with van der Waals surface area (Å²) in [6, 6.07) is 0.138. The molecule has 0 radical (unpaired) electrons. The van der Waals surface area contributed by atoms with Crippen molar-refractivity contribution in [1.29, 1.82) is 0 Å². The maximum atomic E-state index is 14.0. The highest BCUT2D eigenvalue weighted by Gasteiger charge is 2.40. The van der Waals surface area contributed by atoms with Crippen LogP contribution in [-0.2, 0) is 28.7 Å². The van der Waals surface area contributed by atoms with E-state index in [1.165, 1.54) is 128 Å². The highest BCUT2D eigenvalue weighted by atomic mass is 16.5. The van der Waals surface area contributed by atoms with Crippen molar-refractivity contribution < 1.29 is 28.7 Å². The molecule has 0 aliphatic carbocycles. The minimum absolute atomic E-state index is 0.220. The van der Waals surface area contributed by atoms with E-state index in [9.17, 15) is 19.2 Å². The molecule has 0 aromatic carbocycles. The Bertz CT molecular complexity index is 1340. The SMILES string of the molecule is CCCCCCCCCCC(CC)N(C)C(=O)C(C)(C)CCCCN1C[C@@H](OC(=O)CCN(C)C)C[C@H]1C(=O)OCCCCCCC(C)(C)C(=O)N(C)C(CCCCCCCC)CCCCCCCC. The molecule has 1 rings (SSSR count). The summed E-state index contributed by atoms with van der Waals surface area (Å²) in [5.74, 6) is 0.0258. The summed E-state index contributed by atoms with van der Waals surface area (Å²) >= 11 is 0. The van der Waals surface area contributed by atoms with E-state index < -0.39 is 16.9 Å². The Kier molecular flexibility index (Phi) is 36.9. The number of hydrogen-bond acceptors (Lipinski definition) is 8. The molecule has 412 valence electrons. The number of unbranched alkanes of at least 4 members (excludes halogenated alkanes) is 21. The molecular formula is C60H116N4O6. The number of rotatable bonds is 45. The third-order valence-corrected chi connectivity index (χ3v) is 15.7. The van der Waals surface area contributed by atoms with Crippen LogP contribution in [0.2, 0.25) is 0 Å². The van der Waals surface area contributed by atoms with Crippen LogP contribution in [0.4, 0.5) is 0 Å². The van der Waals surface area contributed by atoms with Crippen LogP contribution < -0.4 is 0 Å². The Morgan fingerprint density at radius 1 is 0.543 bits per heavy atom. The van der Waals surface area contributed by atoms with Gasteiger partial charge in [-0.2, -0.15) is 0 Å². The van der Waals surface area contributed by atoms with Gasteiger partial charge in [0.15, 0.2) is 0 Å². The second kappa shape index (κ2) is 39.3. The molecule has 70 heavy (non-hydrogen) atoms. The Hall–Kier alpha value is -2.20. The number of esters is 2. The first kappa shape index (κ1) is 65.8. The second-order valence-electron chi connectivity index (χ2n) is 23.4. The topological polar surface area (TPSA) is 99.7 Å². The lowest BCUT2D eigenvalue weighted by Gasteiger charge is -2.35. The fourth-order valence-electron chi connectivity index (χ4n) is 10.7. The molecule has 0 bridgehead atoms. The normalized spacial score (nSPS) is 16.0. The van der Waals surface area contributed by atoms with Crippen molar-refractivity contribution in [2.24, 2.45) is 10.8 Å². The van der Waals surface area contributed by atoms with Crippen LogP contribution in [0.5, 0.6) is 0 Å².